The minimum atomic E-state index is 0.0702. The second-order valence-electron chi connectivity index (χ2n) is 4.40. The molecule has 0 aliphatic carbocycles. The quantitative estimate of drug-likeness (QED) is 0.732. The van der Waals surface area contributed by atoms with Crippen LogP contribution in [0.4, 0.5) is 0 Å². The molecule has 1 aliphatic heterocycles. The largest absolute Gasteiger partial charge is 0.304 e. The Bertz CT molecular complexity index is 380. The molecule has 0 unspecified atom stereocenters. The lowest BCUT2D eigenvalue weighted by atomic mass is 9.98. The van der Waals surface area contributed by atoms with Crippen molar-refractivity contribution in [1.82, 2.24) is 10.4 Å². The number of hydrogen-bond acceptors (Lipinski definition) is 3. The van der Waals surface area contributed by atoms with Gasteiger partial charge in [0, 0.05) is 12.1 Å². The molecule has 1 N–H and O–H groups in total. The molecule has 2 heterocycles. The van der Waals surface area contributed by atoms with Gasteiger partial charge in [-0.3, -0.25) is 4.98 Å². The molecule has 0 fully saturated rings. The molecule has 0 spiro atoms. The van der Waals surface area contributed by atoms with Crippen LogP contribution in [0.1, 0.15) is 31.7 Å². The van der Waals surface area contributed by atoms with Gasteiger partial charge in [0.15, 0.2) is 0 Å². The van der Waals surface area contributed by atoms with Crippen molar-refractivity contribution in [1.29, 1.82) is 0 Å². The van der Waals surface area contributed by atoms with Crippen molar-refractivity contribution in [2.75, 3.05) is 0 Å². The van der Waals surface area contributed by atoms with Gasteiger partial charge in [-0.25, -0.2) is 0 Å². The highest BCUT2D eigenvalue weighted by molar-refractivity contribution is 6.00. The Morgan fingerprint density at radius 2 is 2.14 bits per heavy atom. The van der Waals surface area contributed by atoms with Crippen LogP contribution in [-0.2, 0) is 0 Å². The number of rotatable bonds is 1. The van der Waals surface area contributed by atoms with Crippen molar-refractivity contribution in [3.8, 4) is 0 Å². The molecule has 1 aliphatic rings. The van der Waals surface area contributed by atoms with Crippen molar-refractivity contribution in [2.45, 2.75) is 32.7 Å². The number of aryl methyl sites for hydroxylation is 1. The van der Waals surface area contributed by atoms with Crippen molar-refractivity contribution in [3.63, 3.8) is 0 Å². The molecular formula is C11H15N3. The van der Waals surface area contributed by atoms with E-state index in [0.717, 1.165) is 23.5 Å². The fourth-order valence-electron chi connectivity index (χ4n) is 1.57. The highest BCUT2D eigenvalue weighted by Crippen LogP contribution is 2.18. The lowest BCUT2D eigenvalue weighted by Gasteiger charge is -2.15. The molecule has 0 amide bonds. The predicted octanol–water partition coefficient (Wildman–Crippen LogP) is 1.87. The third-order valence-corrected chi connectivity index (χ3v) is 2.29. The molecule has 0 atom stereocenters. The third-order valence-electron chi connectivity index (χ3n) is 2.29. The van der Waals surface area contributed by atoms with E-state index in [2.05, 4.69) is 29.4 Å². The molecular weight excluding hydrogens is 174 g/mol. The minimum Gasteiger partial charge on any atom is -0.304 e. The standard InChI is InChI=1S/C11H15N3/c1-8-5-4-6-9(12-8)10-7-11(2,3)14-13-10/h4-6,14H,7H2,1-3H3. The fraction of sp³-hybridized carbons (Fsp3) is 0.455. The van der Waals surface area contributed by atoms with Crippen LogP contribution in [0.15, 0.2) is 23.3 Å². The van der Waals surface area contributed by atoms with Gasteiger partial charge in [0.2, 0.25) is 0 Å². The summed E-state index contributed by atoms with van der Waals surface area (Å²) in [7, 11) is 0. The highest BCUT2D eigenvalue weighted by atomic mass is 15.4. The number of pyridine rings is 1. The zero-order valence-electron chi connectivity index (χ0n) is 8.83. The van der Waals surface area contributed by atoms with Gasteiger partial charge in [-0.15, -0.1) is 0 Å². The predicted molar refractivity (Wildman–Crippen MR) is 57.3 cm³/mol. The summed E-state index contributed by atoms with van der Waals surface area (Å²) in [5.74, 6) is 0. The summed E-state index contributed by atoms with van der Waals surface area (Å²) < 4.78 is 0. The van der Waals surface area contributed by atoms with E-state index in [1.165, 1.54) is 0 Å². The van der Waals surface area contributed by atoms with Gasteiger partial charge in [0.1, 0.15) is 0 Å². The average molecular weight is 189 g/mol. The third kappa shape index (κ3) is 1.76. The van der Waals surface area contributed by atoms with Crippen LogP contribution < -0.4 is 5.43 Å². The fourth-order valence-corrected chi connectivity index (χ4v) is 1.57. The molecule has 2 rings (SSSR count). The first-order valence-electron chi connectivity index (χ1n) is 4.85. The Morgan fingerprint density at radius 3 is 2.71 bits per heavy atom. The number of aromatic nitrogens is 1. The van der Waals surface area contributed by atoms with Crippen molar-refractivity contribution in [2.24, 2.45) is 5.10 Å². The molecule has 0 aromatic carbocycles. The second kappa shape index (κ2) is 3.08. The van der Waals surface area contributed by atoms with Gasteiger partial charge < -0.3 is 5.43 Å². The summed E-state index contributed by atoms with van der Waals surface area (Å²) in [6.07, 6.45) is 0.934. The summed E-state index contributed by atoms with van der Waals surface area (Å²) in [5.41, 5.74) is 6.26. The first kappa shape index (κ1) is 9.19. The Hall–Kier alpha value is -1.38. The van der Waals surface area contributed by atoms with Crippen LogP contribution in [0.25, 0.3) is 0 Å². The number of hydrazone groups is 1. The summed E-state index contributed by atoms with van der Waals surface area (Å²) >= 11 is 0. The van der Waals surface area contributed by atoms with Gasteiger partial charge in [-0.1, -0.05) is 6.07 Å². The lowest BCUT2D eigenvalue weighted by molar-refractivity contribution is 0.446. The molecule has 1 aromatic rings. The van der Waals surface area contributed by atoms with Crippen molar-refractivity contribution in [3.05, 3.63) is 29.6 Å². The Labute approximate surface area is 84.3 Å². The van der Waals surface area contributed by atoms with E-state index in [4.69, 9.17) is 0 Å². The van der Waals surface area contributed by atoms with Crippen molar-refractivity contribution < 1.29 is 0 Å². The maximum atomic E-state index is 4.45. The number of hydrogen-bond donors (Lipinski definition) is 1. The maximum absolute atomic E-state index is 4.45. The lowest BCUT2D eigenvalue weighted by Crippen LogP contribution is -2.30. The van der Waals surface area contributed by atoms with Crippen LogP contribution in [0, 0.1) is 6.92 Å². The first-order chi connectivity index (χ1) is 6.57. The van der Waals surface area contributed by atoms with Crippen LogP contribution in [0.3, 0.4) is 0 Å². The summed E-state index contributed by atoms with van der Waals surface area (Å²) in [6.45, 7) is 6.27. The van der Waals surface area contributed by atoms with Gasteiger partial charge in [0.25, 0.3) is 0 Å². The van der Waals surface area contributed by atoms with Gasteiger partial charge in [-0.2, -0.15) is 5.10 Å². The molecule has 3 nitrogen and oxygen atoms in total. The van der Waals surface area contributed by atoms with Crippen molar-refractivity contribution >= 4 is 5.71 Å². The van der Waals surface area contributed by atoms with Crippen LogP contribution >= 0.6 is 0 Å². The molecule has 14 heavy (non-hydrogen) atoms. The Morgan fingerprint density at radius 1 is 1.36 bits per heavy atom. The van der Waals surface area contributed by atoms with Crippen LogP contribution in [0.2, 0.25) is 0 Å². The van der Waals surface area contributed by atoms with Crippen LogP contribution in [0.5, 0.6) is 0 Å². The van der Waals surface area contributed by atoms with Crippen LogP contribution in [-0.4, -0.2) is 16.2 Å². The SMILES string of the molecule is Cc1cccc(C2=NNC(C)(C)C2)n1. The van der Waals surface area contributed by atoms with Gasteiger partial charge >= 0.3 is 0 Å². The number of nitrogens with one attached hydrogen (secondary N) is 1. The average Bonchev–Trinajstić information content (AvgIpc) is 2.46. The molecule has 1 aromatic heterocycles. The monoisotopic (exact) mass is 189 g/mol. The topological polar surface area (TPSA) is 37.3 Å². The Kier molecular flexibility index (Phi) is 2.02. The van der Waals surface area contributed by atoms with E-state index < -0.39 is 0 Å². The summed E-state index contributed by atoms with van der Waals surface area (Å²) in [4.78, 5) is 4.45. The minimum absolute atomic E-state index is 0.0702. The van der Waals surface area contributed by atoms with E-state index in [1.54, 1.807) is 0 Å². The zero-order chi connectivity index (χ0) is 10.2. The van der Waals surface area contributed by atoms with E-state index in [-0.39, 0.29) is 5.54 Å². The Balaban J connectivity index is 2.26. The molecule has 3 heteroatoms. The summed E-state index contributed by atoms with van der Waals surface area (Å²) in [6, 6.07) is 6.03. The molecule has 0 radical (unpaired) electrons. The molecule has 0 bridgehead atoms. The number of nitrogens with zero attached hydrogens (tertiary/aromatic N) is 2. The van der Waals surface area contributed by atoms with Gasteiger partial charge in [0.05, 0.1) is 16.9 Å². The zero-order valence-corrected chi connectivity index (χ0v) is 8.83. The normalized spacial score (nSPS) is 18.9. The van der Waals surface area contributed by atoms with E-state index in [1.807, 2.05) is 25.1 Å². The smallest absolute Gasteiger partial charge is 0.0882 e. The maximum Gasteiger partial charge on any atom is 0.0882 e. The molecule has 0 saturated heterocycles. The van der Waals surface area contributed by atoms with E-state index in [0.29, 0.717) is 0 Å². The first-order valence-corrected chi connectivity index (χ1v) is 4.85. The second-order valence-corrected chi connectivity index (χ2v) is 4.40. The van der Waals surface area contributed by atoms with E-state index >= 15 is 0 Å². The molecule has 74 valence electrons. The highest BCUT2D eigenvalue weighted by Gasteiger charge is 2.26. The van der Waals surface area contributed by atoms with E-state index in [9.17, 15) is 0 Å². The summed E-state index contributed by atoms with van der Waals surface area (Å²) in [5, 5.41) is 4.30. The van der Waals surface area contributed by atoms with Gasteiger partial charge in [-0.05, 0) is 32.9 Å². The molecule has 0 saturated carbocycles.